The Morgan fingerprint density at radius 2 is 2.15 bits per heavy atom. The van der Waals surface area contributed by atoms with Crippen LogP contribution in [0.25, 0.3) is 0 Å². The summed E-state index contributed by atoms with van der Waals surface area (Å²) in [6.45, 7) is 6.14. The van der Waals surface area contributed by atoms with Crippen molar-refractivity contribution in [2.24, 2.45) is 11.7 Å². The van der Waals surface area contributed by atoms with Gasteiger partial charge in [0.25, 0.3) is 0 Å². The van der Waals surface area contributed by atoms with E-state index in [1.54, 1.807) is 7.11 Å². The van der Waals surface area contributed by atoms with E-state index in [1.807, 2.05) is 6.07 Å². The highest BCUT2D eigenvalue weighted by molar-refractivity contribution is 6.32. The Balaban J connectivity index is 2.43. The zero-order valence-corrected chi connectivity index (χ0v) is 13.6. The second-order valence-corrected chi connectivity index (χ2v) is 6.48. The van der Waals surface area contributed by atoms with Gasteiger partial charge in [0, 0.05) is 18.2 Å². The third-order valence-corrected chi connectivity index (χ3v) is 4.57. The maximum absolute atomic E-state index is 6.41. The van der Waals surface area contributed by atoms with Crippen LogP contribution in [0.5, 0.6) is 5.75 Å². The van der Waals surface area contributed by atoms with Gasteiger partial charge in [0.15, 0.2) is 0 Å². The monoisotopic (exact) mass is 296 g/mol. The molecule has 2 N–H and O–H groups in total. The molecule has 112 valence electrons. The Kier molecular flexibility index (Phi) is 4.95. The molecule has 4 heteroatoms. The van der Waals surface area contributed by atoms with Crippen LogP contribution in [0.15, 0.2) is 12.1 Å². The molecule has 0 aromatic heterocycles. The average Bonchev–Trinajstić information content (AvgIpc) is 2.78. The first-order valence-corrected chi connectivity index (χ1v) is 7.63. The van der Waals surface area contributed by atoms with Crippen molar-refractivity contribution in [2.75, 3.05) is 27.2 Å². The summed E-state index contributed by atoms with van der Waals surface area (Å²) < 4.78 is 5.55. The average molecular weight is 297 g/mol. The lowest BCUT2D eigenvalue weighted by molar-refractivity contribution is 0.303. The van der Waals surface area contributed by atoms with Crippen molar-refractivity contribution in [3.8, 4) is 5.75 Å². The Morgan fingerprint density at radius 1 is 1.45 bits per heavy atom. The van der Waals surface area contributed by atoms with Gasteiger partial charge in [-0.1, -0.05) is 31.5 Å². The Labute approximate surface area is 127 Å². The summed E-state index contributed by atoms with van der Waals surface area (Å²) in [6.07, 6.45) is 1.07. The number of hydrogen-bond acceptors (Lipinski definition) is 3. The maximum Gasteiger partial charge on any atom is 0.142 e. The van der Waals surface area contributed by atoms with E-state index in [0.29, 0.717) is 22.9 Å². The van der Waals surface area contributed by atoms with Gasteiger partial charge < -0.3 is 10.5 Å². The van der Waals surface area contributed by atoms with E-state index in [9.17, 15) is 0 Å². The first-order chi connectivity index (χ1) is 9.47. The zero-order chi connectivity index (χ0) is 14.9. The van der Waals surface area contributed by atoms with Crippen molar-refractivity contribution in [3.63, 3.8) is 0 Å². The van der Waals surface area contributed by atoms with Gasteiger partial charge in [0.05, 0.1) is 12.1 Å². The third kappa shape index (κ3) is 2.95. The molecule has 1 aromatic rings. The highest BCUT2D eigenvalue weighted by Gasteiger charge is 2.32. The van der Waals surface area contributed by atoms with Crippen LogP contribution in [0.3, 0.4) is 0 Å². The molecule has 0 bridgehead atoms. The van der Waals surface area contributed by atoms with Crippen LogP contribution in [0.1, 0.15) is 43.4 Å². The third-order valence-electron chi connectivity index (χ3n) is 4.29. The van der Waals surface area contributed by atoms with Crippen molar-refractivity contribution in [2.45, 2.75) is 32.2 Å². The Bertz CT molecular complexity index is 476. The van der Waals surface area contributed by atoms with Crippen LogP contribution in [0.4, 0.5) is 0 Å². The minimum absolute atomic E-state index is 0.342. The molecule has 2 atom stereocenters. The van der Waals surface area contributed by atoms with E-state index in [2.05, 4.69) is 31.9 Å². The van der Waals surface area contributed by atoms with Crippen LogP contribution in [-0.4, -0.2) is 32.1 Å². The van der Waals surface area contributed by atoms with Crippen molar-refractivity contribution in [1.82, 2.24) is 4.90 Å². The molecule has 1 aromatic carbocycles. The normalized spacial score (nSPS) is 23.6. The molecule has 0 spiro atoms. The maximum atomic E-state index is 6.41. The molecule has 1 aliphatic rings. The fraction of sp³-hybridized carbons (Fsp3) is 0.625. The first kappa shape index (κ1) is 15.6. The molecular formula is C16H25ClN2O. The Morgan fingerprint density at radius 3 is 2.65 bits per heavy atom. The quantitative estimate of drug-likeness (QED) is 0.925. The SMILES string of the molecule is COc1c(Cl)cc(C(C)C)cc1C1CC(CN)CN1C. The topological polar surface area (TPSA) is 38.5 Å². The fourth-order valence-electron chi connectivity index (χ4n) is 3.07. The summed E-state index contributed by atoms with van der Waals surface area (Å²) >= 11 is 6.41. The number of likely N-dealkylation sites (tertiary alicyclic amines) is 1. The molecule has 1 aliphatic heterocycles. The minimum Gasteiger partial charge on any atom is -0.495 e. The molecule has 0 amide bonds. The number of nitrogens with zero attached hydrogens (tertiary/aromatic N) is 1. The largest absolute Gasteiger partial charge is 0.495 e. The van der Waals surface area contributed by atoms with Gasteiger partial charge in [-0.15, -0.1) is 0 Å². The van der Waals surface area contributed by atoms with Crippen molar-refractivity contribution < 1.29 is 4.74 Å². The number of nitrogens with two attached hydrogens (primary N) is 1. The highest BCUT2D eigenvalue weighted by Crippen LogP contribution is 2.42. The van der Waals surface area contributed by atoms with E-state index >= 15 is 0 Å². The standard InChI is InChI=1S/C16H25ClN2O/c1-10(2)12-6-13(16(20-4)14(17)7-12)15-5-11(8-18)9-19(15)3/h6-7,10-11,15H,5,8-9,18H2,1-4H3. The summed E-state index contributed by atoms with van der Waals surface area (Å²) in [5, 5.41) is 0.707. The van der Waals surface area contributed by atoms with E-state index in [4.69, 9.17) is 22.1 Å². The van der Waals surface area contributed by atoms with Crippen LogP contribution in [-0.2, 0) is 0 Å². The second-order valence-electron chi connectivity index (χ2n) is 6.07. The predicted octanol–water partition coefficient (Wildman–Crippen LogP) is 3.42. The molecule has 3 nitrogen and oxygen atoms in total. The number of rotatable bonds is 4. The van der Waals surface area contributed by atoms with Gasteiger partial charge in [-0.25, -0.2) is 0 Å². The van der Waals surface area contributed by atoms with Gasteiger partial charge in [-0.3, -0.25) is 4.90 Å². The molecule has 0 aliphatic carbocycles. The van der Waals surface area contributed by atoms with Crippen LogP contribution >= 0.6 is 11.6 Å². The molecule has 0 saturated carbocycles. The molecule has 1 heterocycles. The minimum atomic E-state index is 0.342. The zero-order valence-electron chi connectivity index (χ0n) is 12.8. The molecule has 1 saturated heterocycles. The molecule has 20 heavy (non-hydrogen) atoms. The number of methoxy groups -OCH3 is 1. The van der Waals surface area contributed by atoms with Gasteiger partial charge in [-0.2, -0.15) is 0 Å². The van der Waals surface area contributed by atoms with E-state index in [1.165, 1.54) is 11.1 Å². The fourth-order valence-corrected chi connectivity index (χ4v) is 3.38. The Hall–Kier alpha value is -0.770. The van der Waals surface area contributed by atoms with Gasteiger partial charge in [0.1, 0.15) is 5.75 Å². The summed E-state index contributed by atoms with van der Waals surface area (Å²) in [5.74, 6) is 1.82. The summed E-state index contributed by atoms with van der Waals surface area (Å²) in [7, 11) is 3.84. The lowest BCUT2D eigenvalue weighted by atomic mass is 9.94. The smallest absolute Gasteiger partial charge is 0.142 e. The lowest BCUT2D eigenvalue weighted by Crippen LogP contribution is -2.21. The van der Waals surface area contributed by atoms with Gasteiger partial charge in [-0.05, 0) is 43.5 Å². The summed E-state index contributed by atoms with van der Waals surface area (Å²) in [5.41, 5.74) is 8.29. The van der Waals surface area contributed by atoms with E-state index < -0.39 is 0 Å². The van der Waals surface area contributed by atoms with Gasteiger partial charge in [0.2, 0.25) is 0 Å². The molecule has 1 fully saturated rings. The number of benzene rings is 1. The lowest BCUT2D eigenvalue weighted by Gasteiger charge is -2.24. The van der Waals surface area contributed by atoms with E-state index in [-0.39, 0.29) is 0 Å². The predicted molar refractivity (Wildman–Crippen MR) is 84.6 cm³/mol. The number of ether oxygens (including phenoxy) is 1. The number of halogens is 1. The number of hydrogen-bond donors (Lipinski definition) is 1. The highest BCUT2D eigenvalue weighted by atomic mass is 35.5. The molecule has 0 radical (unpaired) electrons. The van der Waals surface area contributed by atoms with Crippen molar-refractivity contribution in [3.05, 3.63) is 28.3 Å². The summed E-state index contributed by atoms with van der Waals surface area (Å²) in [4.78, 5) is 2.36. The van der Waals surface area contributed by atoms with Crippen LogP contribution in [0.2, 0.25) is 5.02 Å². The van der Waals surface area contributed by atoms with Crippen molar-refractivity contribution in [1.29, 1.82) is 0 Å². The van der Waals surface area contributed by atoms with Gasteiger partial charge >= 0.3 is 0 Å². The van der Waals surface area contributed by atoms with Crippen LogP contribution < -0.4 is 10.5 Å². The molecular weight excluding hydrogens is 272 g/mol. The van der Waals surface area contributed by atoms with E-state index in [0.717, 1.165) is 25.3 Å². The molecule has 2 rings (SSSR count). The summed E-state index contributed by atoms with van der Waals surface area (Å²) in [6, 6.07) is 4.61. The van der Waals surface area contributed by atoms with Crippen molar-refractivity contribution >= 4 is 11.6 Å². The first-order valence-electron chi connectivity index (χ1n) is 7.25. The molecule has 2 unspecified atom stereocenters. The second kappa shape index (κ2) is 6.33. The van der Waals surface area contributed by atoms with Crippen LogP contribution in [0, 0.1) is 5.92 Å².